The molecule has 0 spiro atoms. The van der Waals surface area contributed by atoms with Crippen LogP contribution in [0.1, 0.15) is 5.56 Å². The van der Waals surface area contributed by atoms with Gasteiger partial charge in [-0.1, -0.05) is 24.3 Å². The minimum Gasteiger partial charge on any atom is -0.495 e. The Kier molecular flexibility index (Phi) is 3.72. The van der Waals surface area contributed by atoms with Crippen LogP contribution in [0.5, 0.6) is 5.75 Å². The summed E-state index contributed by atoms with van der Waals surface area (Å²) in [5.41, 5.74) is 8.77. The van der Waals surface area contributed by atoms with E-state index in [2.05, 4.69) is 11.0 Å². The number of anilines is 2. The first kappa shape index (κ1) is 12.3. The van der Waals surface area contributed by atoms with E-state index in [1.807, 2.05) is 49.5 Å². The molecule has 0 unspecified atom stereocenters. The second-order valence-corrected chi connectivity index (χ2v) is 4.27. The summed E-state index contributed by atoms with van der Waals surface area (Å²) in [5.74, 6) is 0.885. The van der Waals surface area contributed by atoms with Crippen molar-refractivity contribution in [3.05, 3.63) is 54.1 Å². The van der Waals surface area contributed by atoms with Gasteiger partial charge in [0, 0.05) is 19.3 Å². The fraction of sp³-hybridized carbons (Fsp3) is 0.200. The Balaban J connectivity index is 2.16. The monoisotopic (exact) mass is 242 g/mol. The van der Waals surface area contributed by atoms with Crippen molar-refractivity contribution in [2.45, 2.75) is 6.54 Å². The van der Waals surface area contributed by atoms with Gasteiger partial charge in [-0.3, -0.25) is 0 Å². The Labute approximate surface area is 108 Å². The smallest absolute Gasteiger partial charge is 0.142 e. The Bertz CT molecular complexity index is 508. The number of ether oxygens (including phenoxy) is 1. The summed E-state index contributed by atoms with van der Waals surface area (Å²) in [6.45, 7) is 0.820. The van der Waals surface area contributed by atoms with Gasteiger partial charge in [-0.05, 0) is 29.8 Å². The lowest BCUT2D eigenvalue weighted by atomic mass is 10.2. The van der Waals surface area contributed by atoms with Gasteiger partial charge >= 0.3 is 0 Å². The lowest BCUT2D eigenvalue weighted by Gasteiger charge is -2.21. The van der Waals surface area contributed by atoms with Crippen LogP contribution in [-0.2, 0) is 6.54 Å². The average molecular weight is 242 g/mol. The first-order chi connectivity index (χ1) is 8.70. The van der Waals surface area contributed by atoms with E-state index in [0.29, 0.717) is 0 Å². The van der Waals surface area contributed by atoms with E-state index in [1.54, 1.807) is 7.11 Å². The van der Waals surface area contributed by atoms with Crippen LogP contribution in [0.25, 0.3) is 0 Å². The Morgan fingerprint density at radius 1 is 1.06 bits per heavy atom. The van der Waals surface area contributed by atoms with Crippen LogP contribution >= 0.6 is 0 Å². The van der Waals surface area contributed by atoms with Gasteiger partial charge in [0.1, 0.15) is 5.75 Å². The lowest BCUT2D eigenvalue weighted by Crippen LogP contribution is -2.17. The average Bonchev–Trinajstić information content (AvgIpc) is 2.41. The third-order valence-corrected chi connectivity index (χ3v) is 2.90. The summed E-state index contributed by atoms with van der Waals surface area (Å²) in [6, 6.07) is 15.9. The van der Waals surface area contributed by atoms with Crippen molar-refractivity contribution in [3.63, 3.8) is 0 Å². The minimum absolute atomic E-state index is 0.790. The van der Waals surface area contributed by atoms with Gasteiger partial charge in [-0.2, -0.15) is 0 Å². The molecule has 3 heteroatoms. The number of hydrogen-bond acceptors (Lipinski definition) is 3. The number of benzene rings is 2. The van der Waals surface area contributed by atoms with Gasteiger partial charge in [0.05, 0.1) is 12.8 Å². The molecule has 0 radical (unpaired) electrons. The fourth-order valence-electron chi connectivity index (χ4n) is 1.93. The molecule has 0 fully saturated rings. The Hall–Kier alpha value is -2.16. The molecule has 0 saturated heterocycles. The van der Waals surface area contributed by atoms with Gasteiger partial charge in [-0.25, -0.2) is 0 Å². The van der Waals surface area contributed by atoms with Crippen molar-refractivity contribution >= 4 is 11.4 Å². The number of nitrogen functional groups attached to an aromatic ring is 1. The number of methoxy groups -OCH3 is 1. The van der Waals surface area contributed by atoms with Crippen molar-refractivity contribution in [1.82, 2.24) is 0 Å². The van der Waals surface area contributed by atoms with E-state index < -0.39 is 0 Å². The molecule has 2 aromatic carbocycles. The fourth-order valence-corrected chi connectivity index (χ4v) is 1.93. The Morgan fingerprint density at radius 2 is 1.72 bits per heavy atom. The normalized spacial score (nSPS) is 10.1. The van der Waals surface area contributed by atoms with Crippen LogP contribution < -0.4 is 15.4 Å². The predicted octanol–water partition coefficient (Wildman–Crippen LogP) is 2.91. The summed E-state index contributed by atoms with van der Waals surface area (Å²) in [4.78, 5) is 2.16. The SMILES string of the molecule is COc1ccccc1N(C)Cc1ccc(N)cc1. The zero-order valence-electron chi connectivity index (χ0n) is 10.8. The van der Waals surface area contributed by atoms with Crippen LogP contribution in [0.2, 0.25) is 0 Å². The van der Waals surface area contributed by atoms with Crippen molar-refractivity contribution in [2.75, 3.05) is 24.8 Å². The molecule has 2 aromatic rings. The molecule has 2 rings (SSSR count). The van der Waals surface area contributed by atoms with Gasteiger partial charge in [-0.15, -0.1) is 0 Å². The van der Waals surface area contributed by atoms with Crippen LogP contribution in [-0.4, -0.2) is 14.2 Å². The molecule has 18 heavy (non-hydrogen) atoms. The highest BCUT2D eigenvalue weighted by Crippen LogP contribution is 2.27. The van der Waals surface area contributed by atoms with E-state index in [9.17, 15) is 0 Å². The third-order valence-electron chi connectivity index (χ3n) is 2.90. The summed E-state index contributed by atoms with van der Waals surface area (Å²) in [6.07, 6.45) is 0. The molecule has 94 valence electrons. The van der Waals surface area contributed by atoms with Gasteiger partial charge in [0.2, 0.25) is 0 Å². The minimum atomic E-state index is 0.790. The molecule has 0 aromatic heterocycles. The van der Waals surface area contributed by atoms with Crippen LogP contribution in [0.15, 0.2) is 48.5 Å². The predicted molar refractivity (Wildman–Crippen MR) is 76.0 cm³/mol. The maximum absolute atomic E-state index is 5.68. The van der Waals surface area contributed by atoms with Crippen molar-refractivity contribution in [3.8, 4) is 5.75 Å². The number of nitrogens with two attached hydrogens (primary N) is 1. The number of hydrogen-bond donors (Lipinski definition) is 1. The zero-order valence-corrected chi connectivity index (χ0v) is 10.8. The molecule has 0 bridgehead atoms. The molecule has 2 N–H and O–H groups in total. The molecule has 0 atom stereocenters. The van der Waals surface area contributed by atoms with Crippen molar-refractivity contribution < 1.29 is 4.74 Å². The Morgan fingerprint density at radius 3 is 2.39 bits per heavy atom. The summed E-state index contributed by atoms with van der Waals surface area (Å²) < 4.78 is 5.36. The zero-order chi connectivity index (χ0) is 13.0. The highest BCUT2D eigenvalue weighted by molar-refractivity contribution is 5.58. The molecule has 0 aliphatic rings. The summed E-state index contributed by atoms with van der Waals surface area (Å²) in [7, 11) is 3.74. The van der Waals surface area contributed by atoms with E-state index in [-0.39, 0.29) is 0 Å². The van der Waals surface area contributed by atoms with Gasteiger partial charge < -0.3 is 15.4 Å². The highest BCUT2D eigenvalue weighted by Gasteiger charge is 2.07. The highest BCUT2D eigenvalue weighted by atomic mass is 16.5. The van der Waals surface area contributed by atoms with Crippen LogP contribution in [0.4, 0.5) is 11.4 Å². The van der Waals surface area contributed by atoms with E-state index in [0.717, 1.165) is 23.7 Å². The summed E-state index contributed by atoms with van der Waals surface area (Å²) >= 11 is 0. The van der Waals surface area contributed by atoms with E-state index >= 15 is 0 Å². The molecule has 0 aliphatic heterocycles. The summed E-state index contributed by atoms with van der Waals surface area (Å²) in [5, 5.41) is 0. The largest absolute Gasteiger partial charge is 0.495 e. The lowest BCUT2D eigenvalue weighted by molar-refractivity contribution is 0.415. The molecule has 0 aliphatic carbocycles. The molecule has 0 amide bonds. The first-order valence-electron chi connectivity index (χ1n) is 5.89. The topological polar surface area (TPSA) is 38.5 Å². The number of para-hydroxylation sites is 2. The van der Waals surface area contributed by atoms with Crippen LogP contribution in [0, 0.1) is 0 Å². The third kappa shape index (κ3) is 2.74. The van der Waals surface area contributed by atoms with Gasteiger partial charge in [0.25, 0.3) is 0 Å². The maximum Gasteiger partial charge on any atom is 0.142 e. The first-order valence-corrected chi connectivity index (χ1v) is 5.89. The second kappa shape index (κ2) is 5.45. The number of nitrogens with zero attached hydrogens (tertiary/aromatic N) is 1. The standard InChI is InChI=1S/C15H18N2O/c1-17(11-12-7-9-13(16)10-8-12)14-5-3-4-6-15(14)18-2/h3-10H,11,16H2,1-2H3. The molecular formula is C15H18N2O. The van der Waals surface area contributed by atoms with Gasteiger partial charge in [0.15, 0.2) is 0 Å². The van der Waals surface area contributed by atoms with E-state index in [1.165, 1.54) is 5.56 Å². The molecule has 0 heterocycles. The quantitative estimate of drug-likeness (QED) is 0.838. The van der Waals surface area contributed by atoms with Crippen molar-refractivity contribution in [2.24, 2.45) is 0 Å². The van der Waals surface area contributed by atoms with Crippen LogP contribution in [0.3, 0.4) is 0 Å². The number of rotatable bonds is 4. The van der Waals surface area contributed by atoms with E-state index in [4.69, 9.17) is 10.5 Å². The molecule has 3 nitrogen and oxygen atoms in total. The van der Waals surface area contributed by atoms with Crippen molar-refractivity contribution in [1.29, 1.82) is 0 Å². The maximum atomic E-state index is 5.68. The molecule has 0 saturated carbocycles. The molecular weight excluding hydrogens is 224 g/mol. The second-order valence-electron chi connectivity index (χ2n) is 4.27.